The molecule has 2 N–H and O–H groups in total. The third-order valence-electron chi connectivity index (χ3n) is 7.02. The van der Waals surface area contributed by atoms with Gasteiger partial charge in [-0.05, 0) is 55.5 Å². The highest BCUT2D eigenvalue weighted by Gasteiger charge is 2.35. The summed E-state index contributed by atoms with van der Waals surface area (Å²) in [4.78, 5) is 7.50. The number of fused-ring (bicyclic) bond motifs is 5. The minimum atomic E-state index is 0.570. The molecular formula is C24H27N5O. The van der Waals surface area contributed by atoms with Gasteiger partial charge in [0.15, 0.2) is 0 Å². The first-order chi connectivity index (χ1) is 14.7. The van der Waals surface area contributed by atoms with E-state index in [1.807, 2.05) is 12.4 Å². The van der Waals surface area contributed by atoms with Crippen LogP contribution in [0.2, 0.25) is 0 Å². The van der Waals surface area contributed by atoms with E-state index in [9.17, 15) is 0 Å². The Labute approximate surface area is 176 Å². The van der Waals surface area contributed by atoms with Gasteiger partial charge in [0.25, 0.3) is 0 Å². The molecular weight excluding hydrogens is 374 g/mol. The molecule has 2 aromatic heterocycles. The molecule has 154 valence electrons. The number of benzene rings is 1. The number of H-pyrrole nitrogens is 1. The van der Waals surface area contributed by atoms with Crippen LogP contribution in [0.1, 0.15) is 31.4 Å². The molecule has 6 rings (SSSR count). The zero-order valence-electron chi connectivity index (χ0n) is 17.3. The summed E-state index contributed by atoms with van der Waals surface area (Å²) in [5.41, 5.74) is 5.61. The Morgan fingerprint density at radius 1 is 1.03 bits per heavy atom. The van der Waals surface area contributed by atoms with Crippen molar-refractivity contribution < 1.29 is 4.74 Å². The van der Waals surface area contributed by atoms with Crippen molar-refractivity contribution in [3.8, 4) is 28.0 Å². The molecule has 0 saturated carbocycles. The number of aromatic amines is 1. The van der Waals surface area contributed by atoms with Crippen molar-refractivity contribution in [1.82, 2.24) is 20.5 Å². The van der Waals surface area contributed by atoms with Gasteiger partial charge >= 0.3 is 0 Å². The summed E-state index contributed by atoms with van der Waals surface area (Å²) < 4.78 is 6.13. The molecule has 5 heterocycles. The minimum absolute atomic E-state index is 0.570. The first kappa shape index (κ1) is 18.0. The summed E-state index contributed by atoms with van der Waals surface area (Å²) >= 11 is 0. The predicted molar refractivity (Wildman–Crippen MR) is 118 cm³/mol. The third-order valence-corrected chi connectivity index (χ3v) is 7.02. The molecule has 2 bridgehead atoms. The van der Waals surface area contributed by atoms with Crippen molar-refractivity contribution in [1.29, 1.82) is 0 Å². The van der Waals surface area contributed by atoms with E-state index in [0.717, 1.165) is 40.4 Å². The molecule has 3 aliphatic rings. The molecule has 1 unspecified atom stereocenters. The highest BCUT2D eigenvalue weighted by molar-refractivity contribution is 5.78. The van der Waals surface area contributed by atoms with E-state index >= 15 is 0 Å². The summed E-state index contributed by atoms with van der Waals surface area (Å²) in [6.45, 7) is 0.645. The number of nitrogens with zero attached hydrogens (tertiary/aromatic N) is 3. The van der Waals surface area contributed by atoms with Gasteiger partial charge in [-0.3, -0.25) is 5.10 Å². The number of ether oxygens (including phenoxy) is 1. The first-order valence-electron chi connectivity index (χ1n) is 11.0. The van der Waals surface area contributed by atoms with Gasteiger partial charge in [-0.2, -0.15) is 5.10 Å². The van der Waals surface area contributed by atoms with Crippen LogP contribution in [0.25, 0.3) is 22.3 Å². The van der Waals surface area contributed by atoms with Crippen LogP contribution in [0, 0.1) is 0 Å². The summed E-state index contributed by atoms with van der Waals surface area (Å²) in [5, 5.41) is 10.7. The lowest BCUT2D eigenvalue weighted by Crippen LogP contribution is -2.47. The maximum absolute atomic E-state index is 6.13. The Bertz CT molecular complexity index is 1050. The molecule has 0 aliphatic carbocycles. The molecule has 2 fully saturated rings. The summed E-state index contributed by atoms with van der Waals surface area (Å²) in [7, 11) is 2.21. The van der Waals surface area contributed by atoms with Gasteiger partial charge in [0.05, 0.1) is 18.5 Å². The molecule has 2 saturated heterocycles. The Balaban J connectivity index is 1.31. The smallest absolute Gasteiger partial charge is 0.128 e. The summed E-state index contributed by atoms with van der Waals surface area (Å²) in [5.74, 6) is 2.00. The fraction of sp³-hybridized carbons (Fsp3) is 0.417. The average molecular weight is 402 g/mol. The van der Waals surface area contributed by atoms with E-state index in [0.29, 0.717) is 24.7 Å². The molecule has 1 aromatic carbocycles. The van der Waals surface area contributed by atoms with Gasteiger partial charge in [-0.1, -0.05) is 6.07 Å². The number of piperidine rings is 1. The Kier molecular flexibility index (Phi) is 4.27. The molecule has 0 radical (unpaired) electrons. The van der Waals surface area contributed by atoms with Gasteiger partial charge in [-0.25, -0.2) is 4.98 Å². The van der Waals surface area contributed by atoms with Crippen molar-refractivity contribution in [3.63, 3.8) is 0 Å². The van der Waals surface area contributed by atoms with Crippen LogP contribution in [-0.2, 0) is 6.42 Å². The maximum Gasteiger partial charge on any atom is 0.128 e. The van der Waals surface area contributed by atoms with E-state index in [-0.39, 0.29) is 0 Å². The molecule has 0 spiro atoms. The first-order valence-corrected chi connectivity index (χ1v) is 11.0. The molecule has 3 aliphatic heterocycles. The quantitative estimate of drug-likeness (QED) is 0.699. The van der Waals surface area contributed by atoms with Crippen LogP contribution in [0.15, 0.2) is 42.7 Å². The van der Waals surface area contributed by atoms with Crippen LogP contribution in [0.5, 0.6) is 5.75 Å². The number of aromatic nitrogens is 3. The number of rotatable bonds is 3. The van der Waals surface area contributed by atoms with E-state index < -0.39 is 0 Å². The number of hydrogen-bond donors (Lipinski definition) is 2. The molecule has 0 amide bonds. The van der Waals surface area contributed by atoms with Gasteiger partial charge < -0.3 is 15.0 Å². The van der Waals surface area contributed by atoms with Crippen molar-refractivity contribution in [2.24, 2.45) is 0 Å². The predicted octanol–water partition coefficient (Wildman–Crippen LogP) is 3.79. The lowest BCUT2D eigenvalue weighted by molar-refractivity contribution is 0.325. The number of nitrogens with one attached hydrogen (secondary N) is 2. The Morgan fingerprint density at radius 2 is 1.87 bits per heavy atom. The standard InChI is InChI=1S/C24H27N5O/c1-29(19-11-17-3-4-18(12-19)27-17)24-7-6-20-21-5-2-15(16-13-25-26-14-16)10-23(21)30-9-8-22(20)28-24/h2,5-7,10,13-14,17-19,27H,3-4,8-9,11-12H2,1H3,(H,25,26)/t17-,18+,19?. The number of pyridine rings is 1. The summed E-state index contributed by atoms with van der Waals surface area (Å²) in [6, 6.07) is 12.7. The van der Waals surface area contributed by atoms with Gasteiger partial charge in [0.2, 0.25) is 0 Å². The maximum atomic E-state index is 6.13. The van der Waals surface area contributed by atoms with E-state index in [2.05, 4.69) is 57.8 Å². The Morgan fingerprint density at radius 3 is 2.67 bits per heavy atom. The average Bonchev–Trinajstić information content (AvgIpc) is 3.38. The van der Waals surface area contributed by atoms with Gasteiger partial charge in [-0.15, -0.1) is 0 Å². The molecule has 3 aromatic rings. The summed E-state index contributed by atoms with van der Waals surface area (Å²) in [6.07, 6.45) is 9.64. The van der Waals surface area contributed by atoms with Gasteiger partial charge in [0.1, 0.15) is 11.6 Å². The fourth-order valence-corrected chi connectivity index (χ4v) is 5.36. The van der Waals surface area contributed by atoms with Crippen molar-refractivity contribution >= 4 is 5.82 Å². The third kappa shape index (κ3) is 3.06. The SMILES string of the molecule is CN(c1ccc2c(n1)CCOc1cc(-c3cn[nH]c3)ccc1-2)C1C[C@H]2CC[C@@H](C1)N2. The van der Waals surface area contributed by atoms with Crippen LogP contribution in [-0.4, -0.2) is 47.0 Å². The van der Waals surface area contributed by atoms with Crippen molar-refractivity contribution in [2.45, 2.75) is 50.2 Å². The largest absolute Gasteiger partial charge is 0.493 e. The highest BCUT2D eigenvalue weighted by Crippen LogP contribution is 2.39. The molecule has 3 atom stereocenters. The zero-order valence-corrected chi connectivity index (χ0v) is 17.3. The van der Waals surface area contributed by atoms with Crippen molar-refractivity contribution in [3.05, 3.63) is 48.4 Å². The topological polar surface area (TPSA) is 66.1 Å². The monoisotopic (exact) mass is 401 g/mol. The lowest BCUT2D eigenvalue weighted by Gasteiger charge is -2.36. The second-order valence-corrected chi connectivity index (χ2v) is 8.83. The van der Waals surface area contributed by atoms with Crippen LogP contribution in [0.3, 0.4) is 0 Å². The van der Waals surface area contributed by atoms with Crippen molar-refractivity contribution in [2.75, 3.05) is 18.6 Å². The number of hydrogen-bond acceptors (Lipinski definition) is 5. The van der Waals surface area contributed by atoms with Crippen LogP contribution < -0.4 is 15.0 Å². The number of anilines is 1. The second-order valence-electron chi connectivity index (χ2n) is 8.83. The zero-order chi connectivity index (χ0) is 20.1. The highest BCUT2D eigenvalue weighted by atomic mass is 16.5. The minimum Gasteiger partial charge on any atom is -0.493 e. The van der Waals surface area contributed by atoms with Crippen LogP contribution >= 0.6 is 0 Å². The van der Waals surface area contributed by atoms with E-state index in [1.54, 1.807) is 0 Å². The molecule has 6 heteroatoms. The normalized spacial score (nSPS) is 24.5. The Hall–Kier alpha value is -2.86. The van der Waals surface area contributed by atoms with E-state index in [1.165, 1.54) is 31.2 Å². The van der Waals surface area contributed by atoms with Crippen LogP contribution in [0.4, 0.5) is 5.82 Å². The fourth-order valence-electron chi connectivity index (χ4n) is 5.36. The molecule has 30 heavy (non-hydrogen) atoms. The molecule has 6 nitrogen and oxygen atoms in total. The second kappa shape index (κ2) is 7.13. The lowest BCUT2D eigenvalue weighted by atomic mass is 9.97. The van der Waals surface area contributed by atoms with E-state index in [4.69, 9.17) is 9.72 Å². The van der Waals surface area contributed by atoms with Gasteiger partial charge in [0, 0.05) is 54.5 Å².